The Morgan fingerprint density at radius 1 is 1.16 bits per heavy atom. The highest BCUT2D eigenvalue weighted by molar-refractivity contribution is 6.00. The van der Waals surface area contributed by atoms with Gasteiger partial charge in [-0.3, -0.25) is 9.59 Å². The number of carboxylic acids is 1. The van der Waals surface area contributed by atoms with Crippen molar-refractivity contribution in [1.29, 1.82) is 0 Å². The molecule has 4 nitrogen and oxygen atoms in total. The lowest BCUT2D eigenvalue weighted by Gasteiger charge is -2.35. The standard InChI is InChI=1S/C21H38O4/c1-7-9-11-17-16(14(3)4)12-13-21(17,19(22)23)20(24)25-18(10-8-2)15(5)6/h14-18H,7-13H2,1-6H3,(H,22,23). The topological polar surface area (TPSA) is 63.6 Å². The number of ether oxygens (including phenoxy) is 1. The first-order valence-electron chi connectivity index (χ1n) is 10.2. The van der Waals surface area contributed by atoms with Gasteiger partial charge in [0.25, 0.3) is 0 Å². The van der Waals surface area contributed by atoms with Gasteiger partial charge in [0, 0.05) is 0 Å². The van der Waals surface area contributed by atoms with Crippen molar-refractivity contribution in [3.05, 3.63) is 0 Å². The fraction of sp³-hybridized carbons (Fsp3) is 0.905. The van der Waals surface area contributed by atoms with E-state index in [0.717, 1.165) is 38.5 Å². The van der Waals surface area contributed by atoms with E-state index in [0.29, 0.717) is 12.3 Å². The summed E-state index contributed by atoms with van der Waals surface area (Å²) in [7, 11) is 0. The van der Waals surface area contributed by atoms with E-state index in [-0.39, 0.29) is 23.9 Å². The molecule has 1 aliphatic rings. The van der Waals surface area contributed by atoms with Gasteiger partial charge in [0.1, 0.15) is 6.10 Å². The molecule has 0 heterocycles. The second-order valence-electron chi connectivity index (χ2n) is 8.45. The van der Waals surface area contributed by atoms with E-state index in [4.69, 9.17) is 4.74 Å². The van der Waals surface area contributed by atoms with Crippen molar-refractivity contribution < 1.29 is 19.4 Å². The smallest absolute Gasteiger partial charge is 0.324 e. The molecule has 1 fully saturated rings. The van der Waals surface area contributed by atoms with Crippen molar-refractivity contribution in [2.24, 2.45) is 29.1 Å². The molecule has 0 saturated heterocycles. The Morgan fingerprint density at radius 3 is 2.24 bits per heavy atom. The highest BCUT2D eigenvalue weighted by atomic mass is 16.5. The highest BCUT2D eigenvalue weighted by Gasteiger charge is 2.60. The van der Waals surface area contributed by atoms with Crippen LogP contribution < -0.4 is 0 Å². The number of unbranched alkanes of at least 4 members (excludes halogenated alkanes) is 1. The van der Waals surface area contributed by atoms with E-state index in [1.807, 2.05) is 13.8 Å². The Labute approximate surface area is 153 Å². The van der Waals surface area contributed by atoms with Gasteiger partial charge in [0.2, 0.25) is 0 Å². The zero-order valence-electron chi connectivity index (χ0n) is 17.0. The van der Waals surface area contributed by atoms with Crippen LogP contribution in [-0.4, -0.2) is 23.1 Å². The molecule has 0 spiro atoms. The molecule has 0 aromatic rings. The number of esters is 1. The minimum absolute atomic E-state index is 0.119. The lowest BCUT2D eigenvalue weighted by Crippen LogP contribution is -2.47. The molecule has 0 bridgehead atoms. The lowest BCUT2D eigenvalue weighted by atomic mass is 9.70. The minimum Gasteiger partial charge on any atom is -0.480 e. The minimum atomic E-state index is -1.36. The Hall–Kier alpha value is -1.06. The molecule has 0 aliphatic heterocycles. The van der Waals surface area contributed by atoms with Crippen LogP contribution in [0.2, 0.25) is 0 Å². The predicted octanol–water partition coefficient (Wildman–Crippen LogP) is 5.30. The van der Waals surface area contributed by atoms with Gasteiger partial charge in [0.15, 0.2) is 5.41 Å². The summed E-state index contributed by atoms with van der Waals surface area (Å²) in [6.45, 7) is 12.5. The van der Waals surface area contributed by atoms with Crippen molar-refractivity contribution in [2.75, 3.05) is 0 Å². The third-order valence-electron chi connectivity index (χ3n) is 6.07. The maximum atomic E-state index is 13.1. The van der Waals surface area contributed by atoms with E-state index in [9.17, 15) is 14.7 Å². The number of hydrogen-bond acceptors (Lipinski definition) is 3. The number of rotatable bonds is 10. The summed E-state index contributed by atoms with van der Waals surface area (Å²) in [6.07, 6.45) is 5.48. The third kappa shape index (κ3) is 4.77. The van der Waals surface area contributed by atoms with Crippen LogP contribution in [0.5, 0.6) is 0 Å². The first-order chi connectivity index (χ1) is 11.7. The average molecular weight is 355 g/mol. The number of carbonyl (C=O) groups is 2. The molecule has 0 radical (unpaired) electrons. The summed E-state index contributed by atoms with van der Waals surface area (Å²) >= 11 is 0. The third-order valence-corrected chi connectivity index (χ3v) is 6.07. The monoisotopic (exact) mass is 354 g/mol. The zero-order chi connectivity index (χ0) is 19.2. The highest BCUT2D eigenvalue weighted by Crippen LogP contribution is 2.53. The molecule has 1 saturated carbocycles. The van der Waals surface area contributed by atoms with E-state index in [2.05, 4.69) is 27.7 Å². The molecule has 4 heteroatoms. The van der Waals surface area contributed by atoms with Crippen LogP contribution in [0.15, 0.2) is 0 Å². The maximum absolute atomic E-state index is 13.1. The van der Waals surface area contributed by atoms with E-state index in [1.54, 1.807) is 0 Å². The predicted molar refractivity (Wildman–Crippen MR) is 100 cm³/mol. The van der Waals surface area contributed by atoms with Crippen molar-refractivity contribution >= 4 is 11.9 Å². The van der Waals surface area contributed by atoms with Crippen LogP contribution in [0.3, 0.4) is 0 Å². The molecule has 146 valence electrons. The second kappa shape index (κ2) is 9.59. The van der Waals surface area contributed by atoms with E-state index >= 15 is 0 Å². The van der Waals surface area contributed by atoms with Crippen LogP contribution >= 0.6 is 0 Å². The van der Waals surface area contributed by atoms with Gasteiger partial charge in [-0.15, -0.1) is 0 Å². The largest absolute Gasteiger partial charge is 0.480 e. The molecule has 25 heavy (non-hydrogen) atoms. The van der Waals surface area contributed by atoms with Crippen LogP contribution in [0.1, 0.15) is 86.5 Å². The Kier molecular flexibility index (Phi) is 8.43. The number of carbonyl (C=O) groups excluding carboxylic acids is 1. The molecule has 1 aliphatic carbocycles. The summed E-state index contributed by atoms with van der Waals surface area (Å²) in [5.41, 5.74) is -1.36. The second-order valence-corrected chi connectivity index (χ2v) is 8.45. The van der Waals surface area contributed by atoms with Crippen molar-refractivity contribution in [2.45, 2.75) is 92.6 Å². The zero-order valence-corrected chi connectivity index (χ0v) is 17.0. The SMILES string of the molecule is CCCCC1C(C(C)C)CCC1(C(=O)O)C(=O)OC(CCC)C(C)C. The fourth-order valence-corrected chi connectivity index (χ4v) is 4.49. The molecule has 1 N–H and O–H groups in total. The van der Waals surface area contributed by atoms with Crippen LogP contribution in [0, 0.1) is 29.1 Å². The van der Waals surface area contributed by atoms with Gasteiger partial charge in [-0.25, -0.2) is 0 Å². The summed E-state index contributed by atoms with van der Waals surface area (Å²) in [6, 6.07) is 0. The molecular formula is C21H38O4. The Morgan fingerprint density at radius 2 is 1.80 bits per heavy atom. The molecule has 0 amide bonds. The average Bonchev–Trinajstić information content (AvgIpc) is 2.92. The number of aliphatic carboxylic acids is 1. The maximum Gasteiger partial charge on any atom is 0.324 e. The normalized spacial score (nSPS) is 27.7. The van der Waals surface area contributed by atoms with Crippen molar-refractivity contribution in [1.82, 2.24) is 0 Å². The molecule has 4 unspecified atom stereocenters. The molecule has 1 rings (SSSR count). The first kappa shape index (κ1) is 22.0. The molecule has 4 atom stereocenters. The van der Waals surface area contributed by atoms with Gasteiger partial charge >= 0.3 is 11.9 Å². The molecule has 0 aromatic carbocycles. The van der Waals surface area contributed by atoms with Crippen molar-refractivity contribution in [3.63, 3.8) is 0 Å². The van der Waals surface area contributed by atoms with E-state index in [1.165, 1.54) is 0 Å². The van der Waals surface area contributed by atoms with E-state index < -0.39 is 17.4 Å². The summed E-state index contributed by atoms with van der Waals surface area (Å²) < 4.78 is 5.82. The Balaban J connectivity index is 3.15. The van der Waals surface area contributed by atoms with Crippen molar-refractivity contribution in [3.8, 4) is 0 Å². The van der Waals surface area contributed by atoms with Gasteiger partial charge in [-0.2, -0.15) is 0 Å². The lowest BCUT2D eigenvalue weighted by molar-refractivity contribution is -0.178. The summed E-state index contributed by atoms with van der Waals surface area (Å²) in [5.74, 6) is -0.735. The Bertz CT molecular complexity index is 443. The summed E-state index contributed by atoms with van der Waals surface area (Å²) in [5, 5.41) is 10.1. The fourth-order valence-electron chi connectivity index (χ4n) is 4.49. The molecule has 0 aromatic heterocycles. The van der Waals surface area contributed by atoms with Gasteiger partial charge in [0.05, 0.1) is 0 Å². The number of carboxylic acid groups (broad SMARTS) is 1. The summed E-state index contributed by atoms with van der Waals surface area (Å²) in [4.78, 5) is 25.5. The quantitative estimate of drug-likeness (QED) is 0.427. The van der Waals surface area contributed by atoms with Gasteiger partial charge < -0.3 is 9.84 Å². The van der Waals surface area contributed by atoms with Crippen LogP contribution in [0.4, 0.5) is 0 Å². The van der Waals surface area contributed by atoms with Gasteiger partial charge in [-0.1, -0.05) is 60.8 Å². The van der Waals surface area contributed by atoms with Crippen LogP contribution in [0.25, 0.3) is 0 Å². The molecular weight excluding hydrogens is 316 g/mol. The van der Waals surface area contributed by atoms with Crippen LogP contribution in [-0.2, 0) is 14.3 Å². The first-order valence-corrected chi connectivity index (χ1v) is 10.2. The van der Waals surface area contributed by atoms with Gasteiger partial charge in [-0.05, 0) is 49.4 Å². The number of hydrogen-bond donors (Lipinski definition) is 1.